The summed E-state index contributed by atoms with van der Waals surface area (Å²) in [5.74, 6) is 1.56. The molecule has 1 saturated heterocycles. The van der Waals surface area contributed by atoms with E-state index in [9.17, 15) is 9.59 Å². The molecule has 1 aromatic carbocycles. The van der Waals surface area contributed by atoms with E-state index in [4.69, 9.17) is 0 Å². The minimum atomic E-state index is -0.305. The molecule has 3 aliphatic rings. The summed E-state index contributed by atoms with van der Waals surface area (Å²) < 4.78 is 0. The molecule has 22 heavy (non-hydrogen) atoms. The fourth-order valence-corrected chi connectivity index (χ4v) is 4.65. The van der Waals surface area contributed by atoms with Crippen molar-refractivity contribution in [1.82, 2.24) is 4.90 Å². The fraction of sp³-hybridized carbons (Fsp3) is 0.267. The van der Waals surface area contributed by atoms with Gasteiger partial charge in [0, 0.05) is 35.8 Å². The van der Waals surface area contributed by atoms with Gasteiger partial charge in [-0.1, -0.05) is 18.2 Å². The molecule has 1 fully saturated rings. The zero-order chi connectivity index (χ0) is 15.1. The quantitative estimate of drug-likeness (QED) is 0.737. The monoisotopic (exact) mass is 331 g/mol. The van der Waals surface area contributed by atoms with E-state index in [0.29, 0.717) is 10.5 Å². The lowest BCUT2D eigenvalue weighted by Crippen LogP contribution is -2.35. The van der Waals surface area contributed by atoms with E-state index in [2.05, 4.69) is 15.2 Å². The lowest BCUT2D eigenvalue weighted by molar-refractivity contribution is -0.114. The van der Waals surface area contributed by atoms with E-state index in [0.717, 1.165) is 41.0 Å². The lowest BCUT2D eigenvalue weighted by atomic mass is 10.1. The van der Waals surface area contributed by atoms with Crippen LogP contribution in [0.25, 0.3) is 5.57 Å². The number of fused-ring (bicyclic) bond motifs is 1. The second-order valence-corrected chi connectivity index (χ2v) is 7.31. The maximum absolute atomic E-state index is 12.3. The van der Waals surface area contributed by atoms with Crippen molar-refractivity contribution in [2.75, 3.05) is 29.9 Å². The molecule has 5 nitrogen and oxygen atoms in total. The number of para-hydroxylation sites is 1. The highest BCUT2D eigenvalue weighted by molar-refractivity contribution is 8.18. The number of hydrogen-bond donors (Lipinski definition) is 1. The number of nitrogens with zero attached hydrogens (tertiary/aromatic N) is 2. The number of hydrogen-bond acceptors (Lipinski definition) is 5. The fourth-order valence-electron chi connectivity index (χ4n) is 2.69. The van der Waals surface area contributed by atoms with Crippen molar-refractivity contribution < 1.29 is 9.59 Å². The van der Waals surface area contributed by atoms with Crippen molar-refractivity contribution >= 4 is 51.8 Å². The van der Waals surface area contributed by atoms with Crippen LogP contribution in [0.5, 0.6) is 0 Å². The molecule has 4 rings (SSSR count). The predicted molar refractivity (Wildman–Crippen MR) is 90.9 cm³/mol. The van der Waals surface area contributed by atoms with Crippen molar-refractivity contribution in [3.8, 4) is 0 Å². The van der Waals surface area contributed by atoms with E-state index < -0.39 is 0 Å². The lowest BCUT2D eigenvalue weighted by Gasteiger charge is -2.27. The van der Waals surface area contributed by atoms with Crippen LogP contribution in [0.4, 0.5) is 5.69 Å². The van der Waals surface area contributed by atoms with Crippen molar-refractivity contribution in [3.63, 3.8) is 0 Å². The highest BCUT2D eigenvalue weighted by atomic mass is 32.2. The van der Waals surface area contributed by atoms with E-state index in [1.807, 2.05) is 36.0 Å². The zero-order valence-electron chi connectivity index (χ0n) is 11.7. The molecule has 1 aromatic rings. The Bertz CT molecular complexity index is 736. The van der Waals surface area contributed by atoms with Crippen LogP contribution in [0, 0.1) is 0 Å². The van der Waals surface area contributed by atoms with Gasteiger partial charge in [-0.3, -0.25) is 9.59 Å². The second kappa shape index (κ2) is 5.48. The summed E-state index contributed by atoms with van der Waals surface area (Å²) >= 11 is 3.23. The smallest absolute Gasteiger partial charge is 0.287 e. The number of carbonyl (C=O) groups is 2. The number of amidine groups is 1. The number of anilines is 1. The van der Waals surface area contributed by atoms with Gasteiger partial charge in [-0.15, -0.1) is 0 Å². The first kappa shape index (κ1) is 13.9. The molecule has 0 aliphatic carbocycles. The number of benzene rings is 1. The first-order chi connectivity index (χ1) is 10.7. The van der Waals surface area contributed by atoms with E-state index >= 15 is 0 Å². The maximum atomic E-state index is 12.3. The van der Waals surface area contributed by atoms with Crippen molar-refractivity contribution in [3.05, 3.63) is 34.7 Å². The Labute approximate surface area is 136 Å². The van der Waals surface area contributed by atoms with Gasteiger partial charge in [-0.05, 0) is 17.8 Å². The third kappa shape index (κ3) is 2.24. The van der Waals surface area contributed by atoms with Crippen molar-refractivity contribution in [2.45, 2.75) is 0 Å². The minimum absolute atomic E-state index is 0.220. The van der Waals surface area contributed by atoms with Gasteiger partial charge in [-0.2, -0.15) is 16.8 Å². The van der Waals surface area contributed by atoms with Gasteiger partial charge >= 0.3 is 0 Å². The van der Waals surface area contributed by atoms with Gasteiger partial charge < -0.3 is 10.2 Å². The number of aliphatic imine (C=N–C) groups is 1. The third-order valence-electron chi connectivity index (χ3n) is 3.77. The standard InChI is InChI=1S/C15H13N3O2S2/c19-13-11(9-3-1-2-4-10(9)16-13)12-14(20)17-15(22-12)18-5-7-21-8-6-18/h1-4H,5-8H2,(H,16,19)/b12-11+. The molecule has 0 spiro atoms. The molecule has 0 saturated carbocycles. The van der Waals surface area contributed by atoms with Gasteiger partial charge in [0.25, 0.3) is 11.8 Å². The topological polar surface area (TPSA) is 61.8 Å². The first-order valence-electron chi connectivity index (χ1n) is 7.02. The molecule has 7 heteroatoms. The first-order valence-corrected chi connectivity index (χ1v) is 9.00. The summed E-state index contributed by atoms with van der Waals surface area (Å²) in [5, 5.41) is 3.54. The molecular weight excluding hydrogens is 318 g/mol. The van der Waals surface area contributed by atoms with Gasteiger partial charge in [0.2, 0.25) is 0 Å². The highest BCUT2D eigenvalue weighted by Gasteiger charge is 2.35. The maximum Gasteiger partial charge on any atom is 0.287 e. The average Bonchev–Trinajstić information content (AvgIpc) is 3.07. The molecule has 0 radical (unpaired) electrons. The normalized spacial score (nSPS) is 24.4. The number of nitrogens with one attached hydrogen (secondary N) is 1. The highest BCUT2D eigenvalue weighted by Crippen LogP contribution is 2.40. The molecule has 0 atom stereocenters. The molecule has 1 N–H and O–H groups in total. The Kier molecular flexibility index (Phi) is 3.46. The van der Waals surface area contributed by atoms with Crippen LogP contribution in [0.3, 0.4) is 0 Å². The van der Waals surface area contributed by atoms with E-state index in [1.165, 1.54) is 11.8 Å². The number of carbonyl (C=O) groups excluding carboxylic acids is 2. The van der Waals surface area contributed by atoms with Crippen LogP contribution in [-0.2, 0) is 9.59 Å². The Morgan fingerprint density at radius 2 is 1.91 bits per heavy atom. The summed E-state index contributed by atoms with van der Waals surface area (Å²) in [7, 11) is 0. The predicted octanol–water partition coefficient (Wildman–Crippen LogP) is 2.03. The SMILES string of the molecule is O=C1N=C(N2CCSCC2)S/C1=C1/C(=O)Nc2ccccc21. The van der Waals surface area contributed by atoms with Gasteiger partial charge in [0.15, 0.2) is 5.17 Å². The zero-order valence-corrected chi connectivity index (χ0v) is 13.3. The van der Waals surface area contributed by atoms with Crippen LogP contribution < -0.4 is 5.32 Å². The van der Waals surface area contributed by atoms with Crippen LogP contribution in [0.15, 0.2) is 34.2 Å². The van der Waals surface area contributed by atoms with E-state index in [1.54, 1.807) is 0 Å². The molecule has 0 aromatic heterocycles. The summed E-state index contributed by atoms with van der Waals surface area (Å²) in [5.41, 5.74) is 2.00. The van der Waals surface area contributed by atoms with Crippen LogP contribution >= 0.6 is 23.5 Å². The minimum Gasteiger partial charge on any atom is -0.349 e. The van der Waals surface area contributed by atoms with Crippen LogP contribution in [-0.4, -0.2) is 46.5 Å². The molecule has 0 bridgehead atoms. The molecule has 0 unspecified atom stereocenters. The molecule has 3 aliphatic heterocycles. The Morgan fingerprint density at radius 1 is 1.14 bits per heavy atom. The molecule has 2 amide bonds. The molecular formula is C15H13N3O2S2. The summed E-state index contributed by atoms with van der Waals surface area (Å²) in [6.45, 7) is 1.80. The number of amides is 2. The summed E-state index contributed by atoms with van der Waals surface area (Å²) in [6, 6.07) is 7.44. The Balaban J connectivity index is 1.69. The number of rotatable bonds is 0. The van der Waals surface area contributed by atoms with Crippen LogP contribution in [0.1, 0.15) is 5.56 Å². The second-order valence-electron chi connectivity index (χ2n) is 5.10. The average molecular weight is 331 g/mol. The Hall–Kier alpha value is -1.73. The van der Waals surface area contributed by atoms with Gasteiger partial charge in [0.1, 0.15) is 0 Å². The Morgan fingerprint density at radius 3 is 2.73 bits per heavy atom. The van der Waals surface area contributed by atoms with Gasteiger partial charge in [-0.25, -0.2) is 0 Å². The van der Waals surface area contributed by atoms with Crippen molar-refractivity contribution in [1.29, 1.82) is 0 Å². The number of thioether (sulfide) groups is 2. The summed E-state index contributed by atoms with van der Waals surface area (Å²) in [4.78, 5) is 31.3. The third-order valence-corrected chi connectivity index (χ3v) is 5.82. The van der Waals surface area contributed by atoms with Gasteiger partial charge in [0.05, 0.1) is 10.5 Å². The molecule has 3 heterocycles. The van der Waals surface area contributed by atoms with Crippen molar-refractivity contribution in [2.24, 2.45) is 4.99 Å². The van der Waals surface area contributed by atoms with E-state index in [-0.39, 0.29) is 11.8 Å². The van der Waals surface area contributed by atoms with Crippen LogP contribution in [0.2, 0.25) is 0 Å². The largest absolute Gasteiger partial charge is 0.349 e. The summed E-state index contributed by atoms with van der Waals surface area (Å²) in [6.07, 6.45) is 0. The molecule has 112 valence electrons.